The smallest absolute Gasteiger partial charge is 0.261 e. The first-order chi connectivity index (χ1) is 12.1. The fraction of sp³-hybridized carbons (Fsp3) is 0.682. The van der Waals surface area contributed by atoms with Crippen molar-refractivity contribution in [2.24, 2.45) is 23.2 Å². The molecule has 4 fully saturated rings. The molecule has 3 heteroatoms. The van der Waals surface area contributed by atoms with Gasteiger partial charge in [-0.25, -0.2) is 0 Å². The van der Waals surface area contributed by atoms with Crippen LogP contribution in [-0.2, 0) is 4.79 Å². The molecule has 0 aromatic heterocycles. The van der Waals surface area contributed by atoms with E-state index in [-0.39, 0.29) is 11.9 Å². The largest absolute Gasteiger partial charge is 0.481 e. The summed E-state index contributed by atoms with van der Waals surface area (Å²) in [5.41, 5.74) is 0.343. The van der Waals surface area contributed by atoms with Crippen LogP contribution in [0.15, 0.2) is 30.3 Å². The monoisotopic (exact) mass is 341 g/mol. The molecule has 0 saturated heterocycles. The minimum atomic E-state index is -0.404. The lowest BCUT2D eigenvalue weighted by atomic mass is 9.48. The molecule has 2 atom stereocenters. The fourth-order valence-electron chi connectivity index (χ4n) is 6.15. The number of carbonyl (C=O) groups excluding carboxylic acids is 1. The summed E-state index contributed by atoms with van der Waals surface area (Å²) < 4.78 is 5.93. The van der Waals surface area contributed by atoms with Crippen LogP contribution in [0.5, 0.6) is 5.75 Å². The third-order valence-electron chi connectivity index (χ3n) is 7.05. The van der Waals surface area contributed by atoms with E-state index in [1.165, 1.54) is 38.5 Å². The fourth-order valence-corrected chi connectivity index (χ4v) is 6.15. The van der Waals surface area contributed by atoms with Crippen LogP contribution in [0.1, 0.15) is 58.8 Å². The Morgan fingerprint density at radius 1 is 1.12 bits per heavy atom. The maximum Gasteiger partial charge on any atom is 0.261 e. The maximum atomic E-state index is 12.8. The molecule has 4 aliphatic carbocycles. The molecule has 0 unspecified atom stereocenters. The van der Waals surface area contributed by atoms with Crippen molar-refractivity contribution >= 4 is 5.91 Å². The van der Waals surface area contributed by atoms with Gasteiger partial charge in [0.15, 0.2) is 6.10 Å². The summed E-state index contributed by atoms with van der Waals surface area (Å²) in [4.78, 5) is 12.8. The molecule has 4 saturated carbocycles. The van der Waals surface area contributed by atoms with Crippen molar-refractivity contribution in [1.29, 1.82) is 0 Å². The first-order valence-corrected chi connectivity index (χ1v) is 10.1. The zero-order chi connectivity index (χ0) is 17.4. The van der Waals surface area contributed by atoms with Gasteiger partial charge in [0, 0.05) is 6.04 Å². The standard InChI is InChI=1S/C22H31NO2/c1-3-20(25-19-7-5-4-6-8-19)21(24)23-15(2)22-12-16-9-17(13-22)11-18(10-16)14-22/h4-8,15-18,20H,3,9-14H2,1-2H3,(H,23,24)/t15-,16?,17?,18?,20+,22?/m0/s1. The zero-order valence-corrected chi connectivity index (χ0v) is 15.5. The molecule has 1 N–H and O–H groups in total. The van der Waals surface area contributed by atoms with E-state index in [0.29, 0.717) is 11.8 Å². The minimum Gasteiger partial charge on any atom is -0.481 e. The zero-order valence-electron chi connectivity index (χ0n) is 15.5. The van der Waals surface area contributed by atoms with E-state index in [1.54, 1.807) is 0 Å². The van der Waals surface area contributed by atoms with Crippen molar-refractivity contribution in [1.82, 2.24) is 5.32 Å². The van der Waals surface area contributed by atoms with Crippen LogP contribution in [0, 0.1) is 23.2 Å². The van der Waals surface area contributed by atoms with E-state index < -0.39 is 6.10 Å². The van der Waals surface area contributed by atoms with Gasteiger partial charge < -0.3 is 10.1 Å². The van der Waals surface area contributed by atoms with Crippen molar-refractivity contribution in [2.75, 3.05) is 0 Å². The van der Waals surface area contributed by atoms with Gasteiger partial charge in [-0.05, 0) is 87.2 Å². The highest BCUT2D eigenvalue weighted by Gasteiger charge is 2.53. The summed E-state index contributed by atoms with van der Waals surface area (Å²) in [6, 6.07) is 9.93. The summed E-state index contributed by atoms with van der Waals surface area (Å²) in [6.07, 6.45) is 8.55. The Balaban J connectivity index is 1.41. The third kappa shape index (κ3) is 3.30. The highest BCUT2D eigenvalue weighted by atomic mass is 16.5. The lowest BCUT2D eigenvalue weighted by Gasteiger charge is -2.59. The van der Waals surface area contributed by atoms with E-state index in [1.807, 2.05) is 37.3 Å². The highest BCUT2D eigenvalue weighted by Crippen LogP contribution is 2.61. The van der Waals surface area contributed by atoms with Gasteiger partial charge in [0.05, 0.1) is 0 Å². The lowest BCUT2D eigenvalue weighted by molar-refractivity contribution is -0.132. The van der Waals surface area contributed by atoms with Gasteiger partial charge in [-0.15, -0.1) is 0 Å². The highest BCUT2D eigenvalue weighted by molar-refractivity contribution is 5.81. The summed E-state index contributed by atoms with van der Waals surface area (Å²) in [5.74, 6) is 3.55. The summed E-state index contributed by atoms with van der Waals surface area (Å²) in [6.45, 7) is 4.25. The molecule has 0 radical (unpaired) electrons. The summed E-state index contributed by atoms with van der Waals surface area (Å²) >= 11 is 0. The van der Waals surface area contributed by atoms with Crippen LogP contribution in [0.25, 0.3) is 0 Å². The van der Waals surface area contributed by atoms with Gasteiger partial charge >= 0.3 is 0 Å². The molecular weight excluding hydrogens is 310 g/mol. The quantitative estimate of drug-likeness (QED) is 0.823. The predicted octanol–water partition coefficient (Wildman–Crippen LogP) is 4.57. The number of para-hydroxylation sites is 1. The van der Waals surface area contributed by atoms with Gasteiger partial charge in [-0.2, -0.15) is 0 Å². The Kier molecular flexibility index (Phi) is 4.51. The van der Waals surface area contributed by atoms with E-state index in [0.717, 1.165) is 23.5 Å². The Hall–Kier alpha value is -1.51. The Morgan fingerprint density at radius 2 is 1.68 bits per heavy atom. The molecule has 3 nitrogen and oxygen atoms in total. The molecule has 4 bridgehead atoms. The number of hydrogen-bond donors (Lipinski definition) is 1. The molecule has 1 amide bonds. The van der Waals surface area contributed by atoms with E-state index in [4.69, 9.17) is 4.74 Å². The van der Waals surface area contributed by atoms with Crippen LogP contribution in [-0.4, -0.2) is 18.1 Å². The Bertz CT molecular complexity index is 576. The van der Waals surface area contributed by atoms with Gasteiger partial charge in [-0.3, -0.25) is 4.79 Å². The van der Waals surface area contributed by atoms with Crippen molar-refractivity contribution in [3.63, 3.8) is 0 Å². The number of hydrogen-bond acceptors (Lipinski definition) is 2. The second kappa shape index (κ2) is 6.66. The van der Waals surface area contributed by atoms with Crippen molar-refractivity contribution in [2.45, 2.75) is 70.9 Å². The molecule has 4 aliphatic rings. The van der Waals surface area contributed by atoms with Crippen molar-refractivity contribution in [3.05, 3.63) is 30.3 Å². The normalized spacial score (nSPS) is 35.2. The molecule has 5 rings (SSSR count). The van der Waals surface area contributed by atoms with Crippen LogP contribution in [0.3, 0.4) is 0 Å². The lowest BCUT2D eigenvalue weighted by Crippen LogP contribution is -2.57. The first kappa shape index (κ1) is 16.9. The van der Waals surface area contributed by atoms with Crippen molar-refractivity contribution < 1.29 is 9.53 Å². The van der Waals surface area contributed by atoms with Crippen LogP contribution >= 0.6 is 0 Å². The van der Waals surface area contributed by atoms with Crippen LogP contribution in [0.4, 0.5) is 0 Å². The number of amides is 1. The third-order valence-corrected chi connectivity index (χ3v) is 7.05. The molecule has 1 aromatic rings. The Labute approximate surface area is 151 Å². The van der Waals surface area contributed by atoms with Crippen LogP contribution in [0.2, 0.25) is 0 Å². The second-order valence-electron chi connectivity index (χ2n) is 8.84. The van der Waals surface area contributed by atoms with Gasteiger partial charge in [0.25, 0.3) is 5.91 Å². The maximum absolute atomic E-state index is 12.8. The number of carbonyl (C=O) groups is 1. The number of ether oxygens (including phenoxy) is 1. The van der Waals surface area contributed by atoms with Crippen LogP contribution < -0.4 is 10.1 Å². The average molecular weight is 341 g/mol. The molecule has 1 aromatic carbocycles. The molecule has 0 aliphatic heterocycles. The van der Waals surface area contributed by atoms with E-state index >= 15 is 0 Å². The van der Waals surface area contributed by atoms with Gasteiger partial charge in [-0.1, -0.05) is 25.1 Å². The molecule has 0 heterocycles. The van der Waals surface area contributed by atoms with Gasteiger partial charge in [0.2, 0.25) is 0 Å². The topological polar surface area (TPSA) is 38.3 Å². The van der Waals surface area contributed by atoms with E-state index in [9.17, 15) is 4.79 Å². The summed E-state index contributed by atoms with van der Waals surface area (Å²) in [7, 11) is 0. The average Bonchev–Trinajstić information content (AvgIpc) is 2.59. The van der Waals surface area contributed by atoms with Gasteiger partial charge in [0.1, 0.15) is 5.75 Å². The van der Waals surface area contributed by atoms with E-state index in [2.05, 4.69) is 12.2 Å². The minimum absolute atomic E-state index is 0.0506. The van der Waals surface area contributed by atoms with Crippen molar-refractivity contribution in [3.8, 4) is 5.75 Å². The Morgan fingerprint density at radius 3 is 2.20 bits per heavy atom. The number of nitrogens with one attached hydrogen (secondary N) is 1. The summed E-state index contributed by atoms with van der Waals surface area (Å²) in [5, 5.41) is 3.34. The second-order valence-corrected chi connectivity index (χ2v) is 8.84. The number of benzene rings is 1. The SMILES string of the molecule is CC[C@@H](Oc1ccccc1)C(=O)N[C@@H](C)C12CC3CC(CC(C3)C1)C2. The molecule has 136 valence electrons. The molecular formula is C22H31NO2. The molecule has 25 heavy (non-hydrogen) atoms. The number of rotatable bonds is 6. The first-order valence-electron chi connectivity index (χ1n) is 10.1. The predicted molar refractivity (Wildman–Crippen MR) is 99.4 cm³/mol. The molecule has 0 spiro atoms.